The molecule has 1 aliphatic carbocycles. The summed E-state index contributed by atoms with van der Waals surface area (Å²) in [4.78, 5) is 12.0. The first-order valence-electron chi connectivity index (χ1n) is 7.06. The van der Waals surface area contributed by atoms with Gasteiger partial charge >= 0.3 is 6.18 Å². The standard InChI is InChI=1S/C16H14BrF3N2O/c1-15(2)8-10(23)11-12(13(15)17)22(9-6-4-3-5-7-9)21-14(11)16(18,19)20/h3-7,13H,8H2,1-2H3. The second kappa shape index (κ2) is 5.19. The molecular formula is C16H14BrF3N2O. The molecule has 3 nitrogen and oxygen atoms in total. The van der Waals surface area contributed by atoms with E-state index in [0.717, 1.165) is 0 Å². The maximum atomic E-state index is 13.4. The number of rotatable bonds is 1. The quantitative estimate of drug-likeness (QED) is 0.650. The predicted molar refractivity (Wildman–Crippen MR) is 83.0 cm³/mol. The molecule has 0 saturated carbocycles. The highest BCUT2D eigenvalue weighted by Crippen LogP contribution is 2.51. The van der Waals surface area contributed by atoms with Gasteiger partial charge in [-0.15, -0.1) is 0 Å². The van der Waals surface area contributed by atoms with Crippen LogP contribution in [0.15, 0.2) is 30.3 Å². The van der Waals surface area contributed by atoms with Crippen molar-refractivity contribution in [1.82, 2.24) is 9.78 Å². The van der Waals surface area contributed by atoms with Crippen LogP contribution in [0.3, 0.4) is 0 Å². The van der Waals surface area contributed by atoms with Crippen molar-refractivity contribution >= 4 is 21.7 Å². The minimum absolute atomic E-state index is 0.0412. The molecule has 1 heterocycles. The number of alkyl halides is 4. The zero-order chi connectivity index (χ0) is 17.0. The van der Waals surface area contributed by atoms with Gasteiger partial charge in [0.15, 0.2) is 11.5 Å². The van der Waals surface area contributed by atoms with E-state index in [9.17, 15) is 18.0 Å². The number of aromatic nitrogens is 2. The number of hydrogen-bond donors (Lipinski definition) is 0. The Morgan fingerprint density at radius 3 is 2.43 bits per heavy atom. The Morgan fingerprint density at radius 2 is 1.87 bits per heavy atom. The van der Waals surface area contributed by atoms with E-state index in [0.29, 0.717) is 5.69 Å². The van der Waals surface area contributed by atoms with E-state index < -0.39 is 27.9 Å². The van der Waals surface area contributed by atoms with E-state index in [-0.39, 0.29) is 17.7 Å². The van der Waals surface area contributed by atoms with Gasteiger partial charge in [0.25, 0.3) is 0 Å². The van der Waals surface area contributed by atoms with Crippen LogP contribution in [-0.4, -0.2) is 15.6 Å². The van der Waals surface area contributed by atoms with Gasteiger partial charge in [0.05, 0.1) is 21.8 Å². The fourth-order valence-corrected chi connectivity index (χ4v) is 3.45. The minimum Gasteiger partial charge on any atom is -0.294 e. The smallest absolute Gasteiger partial charge is 0.294 e. The van der Waals surface area contributed by atoms with E-state index in [4.69, 9.17) is 0 Å². The number of fused-ring (bicyclic) bond motifs is 1. The highest BCUT2D eigenvalue weighted by Gasteiger charge is 2.48. The summed E-state index contributed by atoms with van der Waals surface area (Å²) in [6.07, 6.45) is -4.63. The Bertz CT molecular complexity index is 766. The molecule has 0 fully saturated rings. The Kier molecular flexibility index (Phi) is 3.66. The molecule has 2 aromatic rings. The summed E-state index contributed by atoms with van der Waals surface area (Å²) in [6.45, 7) is 3.70. The summed E-state index contributed by atoms with van der Waals surface area (Å²) in [5.41, 5.74) is -1.16. The van der Waals surface area contributed by atoms with Crippen molar-refractivity contribution in [1.29, 1.82) is 0 Å². The molecule has 0 spiro atoms. The Balaban J connectivity index is 2.34. The van der Waals surface area contributed by atoms with Gasteiger partial charge < -0.3 is 0 Å². The van der Waals surface area contributed by atoms with Gasteiger partial charge in [-0.3, -0.25) is 4.79 Å². The summed E-state index contributed by atoms with van der Waals surface area (Å²) in [5, 5.41) is 3.74. The fraction of sp³-hybridized carbons (Fsp3) is 0.375. The Morgan fingerprint density at radius 1 is 1.26 bits per heavy atom. The van der Waals surface area contributed by atoms with Gasteiger partial charge in [0.2, 0.25) is 0 Å². The average molecular weight is 387 g/mol. The van der Waals surface area contributed by atoms with Crippen LogP contribution in [0.4, 0.5) is 13.2 Å². The van der Waals surface area contributed by atoms with Gasteiger partial charge in [0.1, 0.15) is 0 Å². The minimum atomic E-state index is -4.67. The molecule has 0 saturated heterocycles. The lowest BCUT2D eigenvalue weighted by molar-refractivity contribution is -0.141. The maximum Gasteiger partial charge on any atom is 0.435 e. The van der Waals surface area contributed by atoms with Crippen molar-refractivity contribution in [3.63, 3.8) is 0 Å². The third-order valence-corrected chi connectivity index (χ3v) is 5.68. The summed E-state index contributed by atoms with van der Waals surface area (Å²) in [5.74, 6) is -0.518. The topological polar surface area (TPSA) is 34.9 Å². The van der Waals surface area contributed by atoms with Crippen LogP contribution >= 0.6 is 15.9 Å². The van der Waals surface area contributed by atoms with E-state index in [1.54, 1.807) is 30.3 Å². The molecule has 1 aromatic heterocycles. The van der Waals surface area contributed by atoms with Crippen LogP contribution in [0.1, 0.15) is 46.8 Å². The Hall–Kier alpha value is -1.63. The van der Waals surface area contributed by atoms with Gasteiger partial charge in [-0.1, -0.05) is 48.0 Å². The molecule has 0 bridgehead atoms. The Labute approximate surface area is 139 Å². The van der Waals surface area contributed by atoms with Crippen LogP contribution < -0.4 is 0 Å². The van der Waals surface area contributed by atoms with Crippen LogP contribution in [0.2, 0.25) is 0 Å². The lowest BCUT2D eigenvalue weighted by atomic mass is 9.75. The summed E-state index contributed by atoms with van der Waals surface area (Å²) >= 11 is 3.48. The SMILES string of the molecule is CC1(C)CC(=O)c2c(C(F)(F)F)nn(-c3ccccc3)c2C1Br. The van der Waals surface area contributed by atoms with Crippen molar-refractivity contribution in [2.24, 2.45) is 5.41 Å². The summed E-state index contributed by atoms with van der Waals surface area (Å²) in [6, 6.07) is 8.54. The number of halogens is 4. The van der Waals surface area contributed by atoms with Gasteiger partial charge in [-0.2, -0.15) is 18.3 Å². The average Bonchev–Trinajstić information content (AvgIpc) is 2.86. The number of carbonyl (C=O) groups is 1. The fourth-order valence-electron chi connectivity index (χ4n) is 2.87. The predicted octanol–water partition coefficient (Wildman–Crippen LogP) is 4.94. The highest BCUT2D eigenvalue weighted by molar-refractivity contribution is 9.09. The lowest BCUT2D eigenvalue weighted by Crippen LogP contribution is -2.31. The molecule has 1 atom stereocenters. The third kappa shape index (κ3) is 2.60. The summed E-state index contributed by atoms with van der Waals surface area (Å²) in [7, 11) is 0. The van der Waals surface area contributed by atoms with Crippen LogP contribution in [0, 0.1) is 5.41 Å². The molecular weight excluding hydrogens is 373 g/mol. The number of carbonyl (C=O) groups excluding carboxylic acids is 1. The molecule has 0 aliphatic heterocycles. The molecule has 7 heteroatoms. The van der Waals surface area contributed by atoms with Crippen molar-refractivity contribution in [2.45, 2.75) is 31.3 Å². The maximum absolute atomic E-state index is 13.4. The number of para-hydroxylation sites is 1. The van der Waals surface area contributed by atoms with Gasteiger partial charge in [0, 0.05) is 6.42 Å². The normalized spacial score (nSPS) is 20.4. The number of benzene rings is 1. The first-order valence-corrected chi connectivity index (χ1v) is 7.97. The van der Waals surface area contributed by atoms with Crippen molar-refractivity contribution in [3.8, 4) is 5.69 Å². The molecule has 3 rings (SSSR count). The second-order valence-electron chi connectivity index (χ2n) is 6.31. The van der Waals surface area contributed by atoms with E-state index in [2.05, 4.69) is 21.0 Å². The third-order valence-electron chi connectivity index (χ3n) is 4.01. The zero-order valence-electron chi connectivity index (χ0n) is 12.5. The molecule has 23 heavy (non-hydrogen) atoms. The first kappa shape index (κ1) is 16.2. The molecule has 122 valence electrons. The molecule has 0 N–H and O–H groups in total. The van der Waals surface area contributed by atoms with E-state index in [1.165, 1.54) is 4.68 Å². The van der Waals surface area contributed by atoms with Crippen LogP contribution in [0.25, 0.3) is 5.69 Å². The number of nitrogens with zero attached hydrogens (tertiary/aromatic N) is 2. The molecule has 1 unspecified atom stereocenters. The second-order valence-corrected chi connectivity index (χ2v) is 7.22. The molecule has 0 radical (unpaired) electrons. The summed E-state index contributed by atoms with van der Waals surface area (Å²) < 4.78 is 41.3. The van der Waals surface area contributed by atoms with Crippen molar-refractivity contribution in [2.75, 3.05) is 0 Å². The van der Waals surface area contributed by atoms with Crippen molar-refractivity contribution < 1.29 is 18.0 Å². The molecule has 1 aromatic carbocycles. The van der Waals surface area contributed by atoms with Crippen LogP contribution in [0.5, 0.6) is 0 Å². The first-order chi connectivity index (χ1) is 10.6. The number of hydrogen-bond acceptors (Lipinski definition) is 2. The zero-order valence-corrected chi connectivity index (χ0v) is 14.1. The highest BCUT2D eigenvalue weighted by atomic mass is 79.9. The monoisotopic (exact) mass is 386 g/mol. The van der Waals surface area contributed by atoms with Crippen LogP contribution in [-0.2, 0) is 6.18 Å². The largest absolute Gasteiger partial charge is 0.435 e. The molecule has 1 aliphatic rings. The van der Waals surface area contributed by atoms with Crippen molar-refractivity contribution in [3.05, 3.63) is 47.3 Å². The number of ketones is 1. The van der Waals surface area contributed by atoms with Gasteiger partial charge in [-0.05, 0) is 17.5 Å². The lowest BCUT2D eigenvalue weighted by Gasteiger charge is -2.34. The molecule has 0 amide bonds. The van der Waals surface area contributed by atoms with E-state index in [1.807, 2.05) is 13.8 Å². The van der Waals surface area contributed by atoms with Gasteiger partial charge in [-0.25, -0.2) is 4.68 Å². The number of Topliss-reactive ketones (excluding diaryl/α,β-unsaturated/α-hetero) is 1. The van der Waals surface area contributed by atoms with E-state index >= 15 is 0 Å².